The van der Waals surface area contributed by atoms with Crippen LogP contribution in [0.1, 0.15) is 13.8 Å². The average molecular weight is 214 g/mol. The Balaban J connectivity index is 5.05. The quantitative estimate of drug-likeness (QED) is 0.644. The number of carbonyl (C=O) groups is 2. The summed E-state index contributed by atoms with van der Waals surface area (Å²) in [5.41, 5.74) is -3.24. The maximum atomic E-state index is 12.3. The molecule has 0 spiro atoms. The number of rotatable bonds is 2. The third-order valence-corrected chi connectivity index (χ3v) is 1.46. The van der Waals surface area contributed by atoms with Crippen LogP contribution in [-0.4, -0.2) is 30.8 Å². The van der Waals surface area contributed by atoms with Crippen molar-refractivity contribution >= 4 is 11.9 Å². The zero-order valence-electron chi connectivity index (χ0n) is 7.77. The molecule has 0 aliphatic rings. The summed E-state index contributed by atoms with van der Waals surface area (Å²) in [7, 11) is 0.774. The molecular formula is C7H9F3O4. The highest BCUT2D eigenvalue weighted by atomic mass is 19.4. The van der Waals surface area contributed by atoms with Gasteiger partial charge in [0, 0.05) is 6.92 Å². The van der Waals surface area contributed by atoms with Gasteiger partial charge in [0.15, 0.2) is 0 Å². The predicted octanol–water partition coefficient (Wildman–Crippen LogP) is 1.04. The van der Waals surface area contributed by atoms with Crippen LogP contribution >= 0.6 is 0 Å². The van der Waals surface area contributed by atoms with Gasteiger partial charge in [-0.15, -0.1) is 0 Å². The lowest BCUT2D eigenvalue weighted by molar-refractivity contribution is -0.263. The first-order chi connectivity index (χ1) is 6.15. The van der Waals surface area contributed by atoms with E-state index >= 15 is 0 Å². The minimum absolute atomic E-state index is 0.431. The average Bonchev–Trinajstić information content (AvgIpc) is 1.99. The molecule has 0 saturated heterocycles. The molecule has 0 aliphatic heterocycles. The molecule has 0 aromatic heterocycles. The molecule has 0 N–H and O–H groups in total. The van der Waals surface area contributed by atoms with Crippen molar-refractivity contribution in [3.05, 3.63) is 0 Å². The molecule has 14 heavy (non-hydrogen) atoms. The van der Waals surface area contributed by atoms with Crippen molar-refractivity contribution in [1.29, 1.82) is 0 Å². The third kappa shape index (κ3) is 2.36. The van der Waals surface area contributed by atoms with Gasteiger partial charge in [0.05, 0.1) is 7.11 Å². The molecule has 4 nitrogen and oxygen atoms in total. The fraction of sp³-hybridized carbons (Fsp3) is 0.714. The van der Waals surface area contributed by atoms with Gasteiger partial charge in [0.1, 0.15) is 0 Å². The van der Waals surface area contributed by atoms with Crippen molar-refractivity contribution in [2.24, 2.45) is 0 Å². The van der Waals surface area contributed by atoms with Gasteiger partial charge in [0.25, 0.3) is 5.60 Å². The Bertz CT molecular complexity index is 248. The molecule has 0 heterocycles. The van der Waals surface area contributed by atoms with Gasteiger partial charge in [-0.3, -0.25) is 4.79 Å². The lowest BCUT2D eigenvalue weighted by Crippen LogP contribution is -2.53. The Morgan fingerprint density at radius 2 is 1.64 bits per heavy atom. The molecule has 1 unspecified atom stereocenters. The van der Waals surface area contributed by atoms with E-state index in [0.29, 0.717) is 6.92 Å². The predicted molar refractivity (Wildman–Crippen MR) is 38.2 cm³/mol. The Kier molecular flexibility index (Phi) is 3.50. The summed E-state index contributed by atoms with van der Waals surface area (Å²) in [5, 5.41) is 0. The van der Waals surface area contributed by atoms with E-state index < -0.39 is 23.7 Å². The van der Waals surface area contributed by atoms with Crippen molar-refractivity contribution in [3.8, 4) is 0 Å². The van der Waals surface area contributed by atoms with Crippen molar-refractivity contribution < 1.29 is 32.2 Å². The molecule has 1 atom stereocenters. The molecule has 0 fully saturated rings. The summed E-state index contributed by atoms with van der Waals surface area (Å²) >= 11 is 0. The number of methoxy groups -OCH3 is 1. The van der Waals surface area contributed by atoms with Gasteiger partial charge in [-0.1, -0.05) is 0 Å². The molecular weight excluding hydrogens is 205 g/mol. The Morgan fingerprint density at radius 1 is 1.21 bits per heavy atom. The maximum Gasteiger partial charge on any atom is 0.439 e. The molecule has 82 valence electrons. The van der Waals surface area contributed by atoms with Crippen molar-refractivity contribution in [2.75, 3.05) is 7.11 Å². The van der Waals surface area contributed by atoms with E-state index in [1.807, 2.05) is 0 Å². The minimum Gasteiger partial charge on any atom is -0.466 e. The van der Waals surface area contributed by atoms with Gasteiger partial charge in [0.2, 0.25) is 0 Å². The number of ether oxygens (including phenoxy) is 2. The molecule has 0 saturated carbocycles. The first kappa shape index (κ1) is 12.7. The number of halogens is 3. The number of alkyl halides is 3. The normalized spacial score (nSPS) is 15.6. The summed E-state index contributed by atoms with van der Waals surface area (Å²) in [4.78, 5) is 21.2. The minimum atomic E-state index is -5.01. The maximum absolute atomic E-state index is 12.3. The second-order valence-electron chi connectivity index (χ2n) is 2.62. The van der Waals surface area contributed by atoms with Gasteiger partial charge in [-0.25, -0.2) is 4.79 Å². The third-order valence-electron chi connectivity index (χ3n) is 1.46. The standard InChI is InChI=1S/C7H9F3O4/c1-4(11)14-6(2,5(12)13-3)7(8,9)10/h1-3H3. The molecule has 0 rings (SSSR count). The highest BCUT2D eigenvalue weighted by Crippen LogP contribution is 2.34. The van der Waals surface area contributed by atoms with Crippen LogP contribution in [0.3, 0.4) is 0 Å². The Morgan fingerprint density at radius 3 is 1.86 bits per heavy atom. The Hall–Kier alpha value is -1.27. The summed E-state index contributed by atoms with van der Waals surface area (Å²) in [5.74, 6) is -2.88. The SMILES string of the molecule is COC(=O)C(C)(OC(C)=O)C(F)(F)F. The van der Waals surface area contributed by atoms with E-state index in [4.69, 9.17) is 0 Å². The van der Waals surface area contributed by atoms with Crippen LogP contribution in [0.5, 0.6) is 0 Å². The summed E-state index contributed by atoms with van der Waals surface area (Å²) < 4.78 is 44.8. The largest absolute Gasteiger partial charge is 0.466 e. The summed E-state index contributed by atoms with van der Waals surface area (Å²) in [6.45, 7) is 1.20. The molecule has 0 bridgehead atoms. The van der Waals surface area contributed by atoms with Crippen LogP contribution in [-0.2, 0) is 19.1 Å². The van der Waals surface area contributed by atoms with Crippen LogP contribution in [0.4, 0.5) is 13.2 Å². The van der Waals surface area contributed by atoms with Gasteiger partial charge in [-0.05, 0) is 6.92 Å². The molecule has 7 heteroatoms. The summed E-state index contributed by atoms with van der Waals surface area (Å²) in [6, 6.07) is 0. The van der Waals surface area contributed by atoms with Crippen molar-refractivity contribution in [1.82, 2.24) is 0 Å². The second-order valence-corrected chi connectivity index (χ2v) is 2.62. The molecule has 0 radical (unpaired) electrons. The number of esters is 2. The lowest BCUT2D eigenvalue weighted by atomic mass is 10.1. The van der Waals surface area contributed by atoms with Gasteiger partial charge in [-0.2, -0.15) is 13.2 Å². The van der Waals surface area contributed by atoms with Gasteiger partial charge >= 0.3 is 18.1 Å². The van der Waals surface area contributed by atoms with Crippen molar-refractivity contribution in [3.63, 3.8) is 0 Å². The summed E-state index contributed by atoms with van der Waals surface area (Å²) in [6.07, 6.45) is -5.01. The van der Waals surface area contributed by atoms with E-state index in [9.17, 15) is 22.8 Å². The molecule has 0 aromatic rings. The highest BCUT2D eigenvalue weighted by Gasteiger charge is 2.61. The molecule has 0 aromatic carbocycles. The second kappa shape index (κ2) is 3.85. The van der Waals surface area contributed by atoms with E-state index in [1.165, 1.54) is 0 Å². The van der Waals surface area contributed by atoms with E-state index in [2.05, 4.69) is 9.47 Å². The smallest absolute Gasteiger partial charge is 0.439 e. The van der Waals surface area contributed by atoms with E-state index in [1.54, 1.807) is 0 Å². The fourth-order valence-electron chi connectivity index (χ4n) is 0.697. The highest BCUT2D eigenvalue weighted by molar-refractivity contribution is 5.83. The number of hydrogen-bond acceptors (Lipinski definition) is 4. The molecule has 0 aliphatic carbocycles. The number of carbonyl (C=O) groups excluding carboxylic acids is 2. The van der Waals surface area contributed by atoms with Crippen molar-refractivity contribution in [2.45, 2.75) is 25.6 Å². The number of hydrogen-bond donors (Lipinski definition) is 0. The van der Waals surface area contributed by atoms with Crippen LogP contribution in [0, 0.1) is 0 Å². The van der Waals surface area contributed by atoms with E-state index in [-0.39, 0.29) is 0 Å². The Labute approximate surface area is 78.0 Å². The van der Waals surface area contributed by atoms with Crippen LogP contribution in [0.15, 0.2) is 0 Å². The lowest BCUT2D eigenvalue weighted by Gasteiger charge is -2.27. The van der Waals surface area contributed by atoms with Crippen LogP contribution in [0.2, 0.25) is 0 Å². The fourth-order valence-corrected chi connectivity index (χ4v) is 0.697. The molecule has 0 amide bonds. The van der Waals surface area contributed by atoms with Crippen LogP contribution < -0.4 is 0 Å². The first-order valence-corrected chi connectivity index (χ1v) is 3.50. The van der Waals surface area contributed by atoms with Gasteiger partial charge < -0.3 is 9.47 Å². The van der Waals surface area contributed by atoms with E-state index in [0.717, 1.165) is 14.0 Å². The monoisotopic (exact) mass is 214 g/mol. The zero-order chi connectivity index (χ0) is 11.6. The first-order valence-electron chi connectivity index (χ1n) is 3.50. The topological polar surface area (TPSA) is 52.6 Å². The van der Waals surface area contributed by atoms with Crippen LogP contribution in [0.25, 0.3) is 0 Å². The zero-order valence-corrected chi connectivity index (χ0v) is 7.77.